The molecule has 0 spiro atoms. The van der Waals surface area contributed by atoms with Gasteiger partial charge < -0.3 is 20.0 Å². The van der Waals surface area contributed by atoms with E-state index >= 15 is 0 Å². The van der Waals surface area contributed by atoms with Gasteiger partial charge in [0.05, 0.1) is 23.1 Å². The number of anilines is 4. The highest BCUT2D eigenvalue weighted by molar-refractivity contribution is 6.00. The van der Waals surface area contributed by atoms with Gasteiger partial charge >= 0.3 is 0 Å². The van der Waals surface area contributed by atoms with Crippen LogP contribution >= 0.6 is 0 Å². The number of para-hydroxylation sites is 1. The fourth-order valence-electron chi connectivity index (χ4n) is 2.99. The number of amides is 1. The molecule has 2 aromatic carbocycles. The first-order chi connectivity index (χ1) is 13.7. The number of carbonyl (C=O) groups excluding carboxylic acids is 1. The monoisotopic (exact) mass is 391 g/mol. The van der Waals surface area contributed by atoms with Crippen LogP contribution in [0.3, 0.4) is 0 Å². The zero-order valence-electron chi connectivity index (χ0n) is 18.0. The minimum absolute atomic E-state index is 0.0337. The van der Waals surface area contributed by atoms with Gasteiger partial charge in [0.15, 0.2) is 0 Å². The van der Waals surface area contributed by atoms with Crippen LogP contribution < -0.4 is 20.0 Å². The van der Waals surface area contributed by atoms with E-state index in [0.717, 1.165) is 28.3 Å². The first-order valence-corrected chi connectivity index (χ1v) is 9.41. The Bertz CT molecular complexity index is 897. The summed E-state index contributed by atoms with van der Waals surface area (Å²) in [4.78, 5) is 17.7. The Hall–Kier alpha value is -3.46. The quantitative estimate of drug-likeness (QED) is 0.726. The number of rotatable bonds is 7. The molecule has 0 heterocycles. The van der Waals surface area contributed by atoms with Gasteiger partial charge in [-0.2, -0.15) is 5.26 Å². The van der Waals surface area contributed by atoms with Gasteiger partial charge in [-0.15, -0.1) is 0 Å². The lowest BCUT2D eigenvalue weighted by Crippen LogP contribution is -2.28. The Morgan fingerprint density at radius 2 is 1.59 bits per heavy atom. The van der Waals surface area contributed by atoms with Crippen molar-refractivity contribution < 1.29 is 4.79 Å². The number of carbonyl (C=O) groups is 1. The van der Waals surface area contributed by atoms with Crippen molar-refractivity contribution in [3.05, 3.63) is 59.8 Å². The Morgan fingerprint density at radius 1 is 1.03 bits per heavy atom. The lowest BCUT2D eigenvalue weighted by atomic mass is 10.0. The Kier molecular flexibility index (Phi) is 7.27. The molecule has 152 valence electrons. The Balaban J connectivity index is 2.44. The van der Waals surface area contributed by atoms with Crippen molar-refractivity contribution in [2.75, 3.05) is 55.3 Å². The summed E-state index contributed by atoms with van der Waals surface area (Å²) in [7, 11) is 9.59. The van der Waals surface area contributed by atoms with Gasteiger partial charge in [0.2, 0.25) is 5.91 Å². The largest absolute Gasteiger partial charge is 0.376 e. The molecule has 2 rings (SSSR count). The zero-order chi connectivity index (χ0) is 21.6. The lowest BCUT2D eigenvalue weighted by Gasteiger charge is -2.30. The minimum atomic E-state index is -0.0337. The maximum atomic E-state index is 12.1. The van der Waals surface area contributed by atoms with Gasteiger partial charge in [0.1, 0.15) is 0 Å². The average molecular weight is 392 g/mol. The van der Waals surface area contributed by atoms with Gasteiger partial charge in [0.25, 0.3) is 0 Å². The van der Waals surface area contributed by atoms with Crippen LogP contribution in [0.4, 0.5) is 22.7 Å². The summed E-state index contributed by atoms with van der Waals surface area (Å²) in [5.74, 6) is -0.0337. The number of allylic oxidation sites excluding steroid dienone is 1. The van der Waals surface area contributed by atoms with E-state index in [1.165, 1.54) is 0 Å². The summed E-state index contributed by atoms with van der Waals surface area (Å²) in [5.41, 5.74) is 5.26. The van der Waals surface area contributed by atoms with Crippen molar-refractivity contribution in [2.24, 2.45) is 0 Å². The molecule has 6 heteroatoms. The van der Waals surface area contributed by atoms with E-state index < -0.39 is 0 Å². The van der Waals surface area contributed by atoms with Crippen LogP contribution in [-0.2, 0) is 11.2 Å². The van der Waals surface area contributed by atoms with E-state index in [2.05, 4.69) is 11.4 Å². The average Bonchev–Trinajstić information content (AvgIpc) is 2.70. The molecule has 0 aromatic heterocycles. The topological polar surface area (TPSA) is 62.6 Å². The molecule has 0 aliphatic heterocycles. The molecule has 0 atom stereocenters. The fraction of sp³-hybridized carbons (Fsp3) is 0.304. The van der Waals surface area contributed by atoms with E-state index in [1.54, 1.807) is 25.1 Å². The highest BCUT2D eigenvalue weighted by Crippen LogP contribution is 2.39. The molecule has 0 radical (unpaired) electrons. The van der Waals surface area contributed by atoms with Gasteiger partial charge in [-0.3, -0.25) is 4.79 Å². The number of nitrogens with one attached hydrogen (secondary N) is 1. The minimum Gasteiger partial charge on any atom is -0.376 e. The van der Waals surface area contributed by atoms with Crippen LogP contribution in [0.2, 0.25) is 0 Å². The van der Waals surface area contributed by atoms with Crippen molar-refractivity contribution in [1.29, 1.82) is 5.26 Å². The molecule has 2 aromatic rings. The molecule has 0 saturated carbocycles. The third-order valence-electron chi connectivity index (χ3n) is 4.63. The number of nitrogens with zero attached hydrogens (tertiary/aromatic N) is 4. The fourth-order valence-corrected chi connectivity index (χ4v) is 2.99. The number of hydrogen-bond donors (Lipinski definition) is 1. The summed E-state index contributed by atoms with van der Waals surface area (Å²) >= 11 is 0. The molecule has 0 fully saturated rings. The second-order valence-corrected chi connectivity index (χ2v) is 7.32. The molecule has 0 unspecified atom stereocenters. The van der Waals surface area contributed by atoms with Crippen molar-refractivity contribution in [1.82, 2.24) is 0 Å². The lowest BCUT2D eigenvalue weighted by molar-refractivity contribution is -0.116. The third kappa shape index (κ3) is 5.52. The van der Waals surface area contributed by atoms with E-state index in [0.29, 0.717) is 12.0 Å². The Morgan fingerprint density at radius 3 is 2.03 bits per heavy atom. The van der Waals surface area contributed by atoms with Gasteiger partial charge in [0, 0.05) is 66.0 Å². The van der Waals surface area contributed by atoms with E-state index in [-0.39, 0.29) is 5.91 Å². The molecular weight excluding hydrogens is 362 g/mol. The highest BCUT2D eigenvalue weighted by Gasteiger charge is 2.20. The normalized spacial score (nSPS) is 10.9. The van der Waals surface area contributed by atoms with Crippen LogP contribution in [0.25, 0.3) is 0 Å². The van der Waals surface area contributed by atoms with Crippen molar-refractivity contribution in [3.63, 3.8) is 0 Å². The summed E-state index contributed by atoms with van der Waals surface area (Å²) in [6, 6.07) is 16.1. The van der Waals surface area contributed by atoms with Crippen molar-refractivity contribution in [3.8, 4) is 6.07 Å². The Labute approximate surface area is 173 Å². The van der Waals surface area contributed by atoms with E-state index in [1.807, 2.05) is 80.5 Å². The smallest absolute Gasteiger partial charge is 0.223 e. The first-order valence-electron chi connectivity index (χ1n) is 9.41. The molecular formula is C23H29N5O. The summed E-state index contributed by atoms with van der Waals surface area (Å²) < 4.78 is 0. The number of nitriles is 1. The zero-order valence-corrected chi connectivity index (χ0v) is 18.0. The van der Waals surface area contributed by atoms with Gasteiger partial charge in [-0.25, -0.2) is 0 Å². The van der Waals surface area contributed by atoms with Crippen molar-refractivity contribution in [2.45, 2.75) is 13.3 Å². The molecule has 1 N–H and O–H groups in total. The summed E-state index contributed by atoms with van der Waals surface area (Å²) in [6.45, 7) is 1.55. The standard InChI is InChI=1S/C23H29N5O/c1-17(29)28(6)23-21(26(2)3)13-18(14-22(23)27(4)5)12-19(15-24)16-25-20-10-8-7-9-11-20/h7-11,13-14,16,25H,12H2,1-6H3. The maximum Gasteiger partial charge on any atom is 0.223 e. The molecule has 0 aliphatic carbocycles. The molecule has 29 heavy (non-hydrogen) atoms. The van der Waals surface area contributed by atoms with Crippen LogP contribution in [-0.4, -0.2) is 41.1 Å². The van der Waals surface area contributed by atoms with E-state index in [4.69, 9.17) is 0 Å². The number of hydrogen-bond acceptors (Lipinski definition) is 5. The highest BCUT2D eigenvalue weighted by atomic mass is 16.2. The van der Waals surface area contributed by atoms with Gasteiger partial charge in [-0.1, -0.05) is 18.2 Å². The molecule has 0 saturated heterocycles. The van der Waals surface area contributed by atoms with Crippen LogP contribution in [0, 0.1) is 11.3 Å². The predicted octanol–water partition coefficient (Wildman–Crippen LogP) is 3.86. The maximum absolute atomic E-state index is 12.1. The SMILES string of the molecule is CC(=O)N(C)c1c(N(C)C)cc(CC(C#N)=CNc2ccccc2)cc1N(C)C. The molecule has 0 bridgehead atoms. The summed E-state index contributed by atoms with van der Waals surface area (Å²) in [6.07, 6.45) is 2.23. The van der Waals surface area contributed by atoms with Gasteiger partial charge in [-0.05, 0) is 29.8 Å². The summed E-state index contributed by atoms with van der Waals surface area (Å²) in [5, 5.41) is 12.8. The second kappa shape index (κ2) is 9.65. The third-order valence-corrected chi connectivity index (χ3v) is 4.63. The molecule has 1 amide bonds. The van der Waals surface area contributed by atoms with E-state index in [9.17, 15) is 10.1 Å². The van der Waals surface area contributed by atoms with Crippen LogP contribution in [0.5, 0.6) is 0 Å². The van der Waals surface area contributed by atoms with Crippen LogP contribution in [0.1, 0.15) is 12.5 Å². The first kappa shape index (κ1) is 21.8. The van der Waals surface area contributed by atoms with Crippen LogP contribution in [0.15, 0.2) is 54.2 Å². The predicted molar refractivity (Wildman–Crippen MR) is 122 cm³/mol. The van der Waals surface area contributed by atoms with Crippen molar-refractivity contribution >= 4 is 28.7 Å². The molecule has 0 aliphatic rings. The number of benzene rings is 2. The second-order valence-electron chi connectivity index (χ2n) is 7.32. The molecule has 6 nitrogen and oxygen atoms in total.